The van der Waals surface area contributed by atoms with Crippen molar-refractivity contribution in [3.8, 4) is 11.5 Å². The zero-order valence-corrected chi connectivity index (χ0v) is 25.1. The summed E-state index contributed by atoms with van der Waals surface area (Å²) in [6, 6.07) is 13.3. The molecule has 1 aliphatic carbocycles. The molecule has 11 nitrogen and oxygen atoms in total. The van der Waals surface area contributed by atoms with Crippen LogP contribution in [0.5, 0.6) is 11.5 Å². The van der Waals surface area contributed by atoms with Crippen molar-refractivity contribution in [1.82, 2.24) is 30.0 Å². The first-order valence-corrected chi connectivity index (χ1v) is 15.3. The van der Waals surface area contributed by atoms with E-state index in [-0.39, 0.29) is 17.9 Å². The fourth-order valence-corrected chi connectivity index (χ4v) is 5.45. The molecule has 3 aromatic heterocycles. The quantitative estimate of drug-likeness (QED) is 0.195. The monoisotopic (exact) mass is 594 g/mol. The minimum absolute atomic E-state index is 0.0366. The molecule has 228 valence electrons. The first kappa shape index (κ1) is 29.3. The minimum Gasteiger partial charge on any atom is -0.456 e. The molecule has 6 rings (SSSR count). The summed E-state index contributed by atoms with van der Waals surface area (Å²) in [7, 11) is 2.10. The van der Waals surface area contributed by atoms with Gasteiger partial charge in [0.15, 0.2) is 11.5 Å². The summed E-state index contributed by atoms with van der Waals surface area (Å²) in [5.41, 5.74) is 2.22. The highest BCUT2D eigenvalue weighted by Crippen LogP contribution is 2.34. The number of anilines is 2. The van der Waals surface area contributed by atoms with Gasteiger partial charge in [0, 0.05) is 61.8 Å². The Morgan fingerprint density at radius 3 is 2.73 bits per heavy atom. The molecule has 0 unspecified atom stereocenters. The SMILES string of the molecule is CCCc1ccnc(NC(=O)c2ccc(Oc3ccnc4[nH]nc(N[C@@H]5CCN(C(=O)C=CCN(C)C6CC6)C5)c34)cc2)c1. The summed E-state index contributed by atoms with van der Waals surface area (Å²) in [6.07, 6.45) is 12.3. The van der Waals surface area contributed by atoms with Gasteiger partial charge in [-0.25, -0.2) is 9.97 Å². The number of likely N-dealkylation sites (N-methyl/N-ethyl adjacent to an activating group) is 1. The fourth-order valence-electron chi connectivity index (χ4n) is 5.45. The number of carbonyl (C=O) groups excluding carboxylic acids is 2. The van der Waals surface area contributed by atoms with Crippen LogP contribution in [0.1, 0.15) is 48.5 Å². The van der Waals surface area contributed by atoms with Gasteiger partial charge in [0.25, 0.3) is 5.91 Å². The van der Waals surface area contributed by atoms with Crippen LogP contribution in [0.3, 0.4) is 0 Å². The van der Waals surface area contributed by atoms with Crippen LogP contribution in [-0.2, 0) is 11.2 Å². The van der Waals surface area contributed by atoms with Gasteiger partial charge >= 0.3 is 0 Å². The third kappa shape index (κ3) is 7.05. The molecule has 44 heavy (non-hydrogen) atoms. The van der Waals surface area contributed by atoms with Crippen molar-refractivity contribution < 1.29 is 14.3 Å². The van der Waals surface area contributed by atoms with Crippen molar-refractivity contribution in [3.05, 3.63) is 78.1 Å². The number of aromatic amines is 1. The molecule has 1 saturated carbocycles. The lowest BCUT2D eigenvalue weighted by atomic mass is 10.1. The lowest BCUT2D eigenvalue weighted by Crippen LogP contribution is -2.30. The third-order valence-electron chi connectivity index (χ3n) is 8.04. The molecular formula is C33H38N8O3. The standard InChI is InChI=1S/C33H38N8O3/c1-3-5-22-13-16-34-28(20-22)37-33(43)23-7-11-26(12-8-23)44-27-14-17-35-31-30(27)32(39-38-31)36-24-15-19-41(21-24)29(42)6-4-18-40(2)25-9-10-25/h4,6-8,11-14,16-17,20,24-25H,3,5,9-10,15,18-19,21H2,1-2H3,(H,34,37,43)(H2,35,36,38,39)/t24-/m1/s1. The molecule has 1 aromatic carbocycles. The number of carbonyl (C=O) groups is 2. The number of likely N-dealkylation sites (tertiary alicyclic amines) is 1. The van der Waals surface area contributed by atoms with Crippen molar-refractivity contribution in [2.75, 3.05) is 37.3 Å². The highest BCUT2D eigenvalue weighted by molar-refractivity contribution is 6.03. The van der Waals surface area contributed by atoms with Gasteiger partial charge in [-0.2, -0.15) is 5.10 Å². The molecule has 2 aliphatic rings. The summed E-state index contributed by atoms with van der Waals surface area (Å²) < 4.78 is 6.23. The highest BCUT2D eigenvalue weighted by atomic mass is 16.5. The van der Waals surface area contributed by atoms with E-state index in [2.05, 4.69) is 49.7 Å². The Balaban J connectivity index is 1.07. The van der Waals surface area contributed by atoms with Gasteiger partial charge in [0.05, 0.1) is 0 Å². The highest BCUT2D eigenvalue weighted by Gasteiger charge is 2.27. The number of nitrogens with one attached hydrogen (secondary N) is 3. The van der Waals surface area contributed by atoms with Crippen molar-refractivity contribution in [3.63, 3.8) is 0 Å². The second-order valence-electron chi connectivity index (χ2n) is 11.5. The maximum atomic E-state index is 12.8. The number of amides is 2. The molecule has 0 radical (unpaired) electrons. The molecule has 3 N–H and O–H groups in total. The zero-order valence-electron chi connectivity index (χ0n) is 25.1. The Bertz CT molecular complexity index is 1650. The first-order chi connectivity index (χ1) is 21.5. The van der Waals surface area contributed by atoms with Crippen LogP contribution in [0.15, 0.2) is 67.0 Å². The van der Waals surface area contributed by atoms with E-state index in [9.17, 15) is 9.59 Å². The molecule has 4 heterocycles. The van der Waals surface area contributed by atoms with Crippen molar-refractivity contribution in [1.29, 1.82) is 0 Å². The number of H-pyrrole nitrogens is 1. The van der Waals surface area contributed by atoms with Crippen LogP contribution < -0.4 is 15.4 Å². The summed E-state index contributed by atoms with van der Waals surface area (Å²) in [4.78, 5) is 38.4. The average molecular weight is 595 g/mol. The Hall–Kier alpha value is -4.77. The molecule has 0 bridgehead atoms. The number of nitrogens with zero attached hydrogens (tertiary/aromatic N) is 5. The maximum Gasteiger partial charge on any atom is 0.256 e. The van der Waals surface area contributed by atoms with Crippen LogP contribution in [0, 0.1) is 0 Å². The number of fused-ring (bicyclic) bond motifs is 1. The van der Waals surface area contributed by atoms with Crippen LogP contribution in [0.2, 0.25) is 0 Å². The smallest absolute Gasteiger partial charge is 0.256 e. The van der Waals surface area contributed by atoms with E-state index in [0.29, 0.717) is 53.5 Å². The number of ether oxygens (including phenoxy) is 1. The van der Waals surface area contributed by atoms with Crippen LogP contribution >= 0.6 is 0 Å². The predicted octanol–water partition coefficient (Wildman–Crippen LogP) is 5.01. The molecule has 0 spiro atoms. The summed E-state index contributed by atoms with van der Waals surface area (Å²) in [5, 5.41) is 14.5. The Morgan fingerprint density at radius 2 is 1.93 bits per heavy atom. The van der Waals surface area contributed by atoms with Gasteiger partial charge in [-0.05, 0) is 74.7 Å². The van der Waals surface area contributed by atoms with Gasteiger partial charge in [-0.15, -0.1) is 0 Å². The Labute approximate surface area is 256 Å². The number of rotatable bonds is 12. The van der Waals surface area contributed by atoms with E-state index < -0.39 is 0 Å². The number of aryl methyl sites for hydroxylation is 1. The van der Waals surface area contributed by atoms with E-state index in [0.717, 1.165) is 36.8 Å². The largest absolute Gasteiger partial charge is 0.456 e. The molecule has 2 amide bonds. The minimum atomic E-state index is -0.240. The van der Waals surface area contributed by atoms with Gasteiger partial charge in [-0.1, -0.05) is 19.4 Å². The Morgan fingerprint density at radius 1 is 1.11 bits per heavy atom. The van der Waals surface area contributed by atoms with Gasteiger partial charge in [-0.3, -0.25) is 19.6 Å². The number of hydrogen-bond acceptors (Lipinski definition) is 8. The fraction of sp³-hybridized carbons (Fsp3) is 0.364. The van der Waals surface area contributed by atoms with Crippen LogP contribution in [0.25, 0.3) is 11.0 Å². The summed E-state index contributed by atoms with van der Waals surface area (Å²) in [6.45, 7) is 4.19. The topological polar surface area (TPSA) is 128 Å². The lowest BCUT2D eigenvalue weighted by Gasteiger charge is -2.16. The molecule has 4 aromatic rings. The van der Waals surface area contributed by atoms with Crippen LogP contribution in [0.4, 0.5) is 11.6 Å². The van der Waals surface area contributed by atoms with E-state index in [1.54, 1.807) is 48.8 Å². The lowest BCUT2D eigenvalue weighted by molar-refractivity contribution is -0.125. The van der Waals surface area contributed by atoms with E-state index in [1.807, 2.05) is 23.1 Å². The molecular weight excluding hydrogens is 556 g/mol. The van der Waals surface area contributed by atoms with Crippen molar-refractivity contribution >= 4 is 34.5 Å². The second kappa shape index (κ2) is 13.3. The number of hydrogen-bond donors (Lipinski definition) is 3. The Kier molecular flexibility index (Phi) is 8.83. The zero-order chi connectivity index (χ0) is 30.5. The van der Waals surface area contributed by atoms with E-state index >= 15 is 0 Å². The second-order valence-corrected chi connectivity index (χ2v) is 11.5. The van der Waals surface area contributed by atoms with E-state index in [1.165, 1.54) is 12.8 Å². The maximum absolute atomic E-state index is 12.8. The average Bonchev–Trinajstić information content (AvgIpc) is 3.64. The normalized spacial score (nSPS) is 16.6. The number of benzene rings is 1. The first-order valence-electron chi connectivity index (χ1n) is 15.3. The van der Waals surface area contributed by atoms with Gasteiger partial charge < -0.3 is 20.3 Å². The van der Waals surface area contributed by atoms with Crippen molar-refractivity contribution in [2.45, 2.75) is 51.1 Å². The van der Waals surface area contributed by atoms with E-state index in [4.69, 9.17) is 4.74 Å². The molecule has 1 saturated heterocycles. The molecule has 1 aliphatic heterocycles. The molecule has 11 heteroatoms. The number of aromatic nitrogens is 4. The molecule has 1 atom stereocenters. The summed E-state index contributed by atoms with van der Waals surface area (Å²) in [5.74, 6) is 2.10. The number of pyridine rings is 2. The van der Waals surface area contributed by atoms with Crippen LogP contribution in [-0.4, -0.2) is 80.5 Å². The van der Waals surface area contributed by atoms with Gasteiger partial charge in [0.1, 0.15) is 22.7 Å². The predicted molar refractivity (Wildman–Crippen MR) is 170 cm³/mol. The van der Waals surface area contributed by atoms with Crippen molar-refractivity contribution in [2.24, 2.45) is 0 Å². The molecule has 2 fully saturated rings. The third-order valence-corrected chi connectivity index (χ3v) is 8.04. The van der Waals surface area contributed by atoms with Gasteiger partial charge in [0.2, 0.25) is 5.91 Å². The summed E-state index contributed by atoms with van der Waals surface area (Å²) >= 11 is 0.